The van der Waals surface area contributed by atoms with Crippen LogP contribution in [0, 0.1) is 0 Å². The molecule has 1 saturated heterocycles. The van der Waals surface area contributed by atoms with Gasteiger partial charge in [-0.05, 0) is 29.5 Å². The molecule has 0 aromatic carbocycles. The van der Waals surface area contributed by atoms with Gasteiger partial charge >= 0.3 is 0 Å². The highest BCUT2D eigenvalue weighted by Gasteiger charge is 2.25. The molecule has 2 aromatic heterocycles. The van der Waals surface area contributed by atoms with Crippen LogP contribution in [-0.4, -0.2) is 62.3 Å². The summed E-state index contributed by atoms with van der Waals surface area (Å²) in [6.07, 6.45) is -0.123. The number of anilines is 1. The van der Waals surface area contributed by atoms with Crippen LogP contribution in [0.25, 0.3) is 5.65 Å². The zero-order valence-electron chi connectivity index (χ0n) is 9.97. The molecule has 0 spiro atoms. The molecule has 2 atom stereocenters. The van der Waals surface area contributed by atoms with E-state index in [-0.39, 0.29) is 18.8 Å². The molecule has 0 aliphatic carbocycles. The summed E-state index contributed by atoms with van der Waals surface area (Å²) in [7, 11) is 0. The number of hydrogen-bond donors (Lipinski definition) is 1. The highest BCUT2D eigenvalue weighted by molar-refractivity contribution is 5.44. The molecule has 0 saturated carbocycles. The summed E-state index contributed by atoms with van der Waals surface area (Å²) in [4.78, 5) is 2.07. The fraction of sp³-hybridized carbons (Fsp3) is 0.600. The van der Waals surface area contributed by atoms with E-state index < -0.39 is 0 Å². The van der Waals surface area contributed by atoms with Crippen molar-refractivity contribution in [2.45, 2.75) is 19.1 Å². The lowest BCUT2D eigenvalue weighted by molar-refractivity contribution is -0.0423. The molecular formula is C10H14N6O2. The van der Waals surface area contributed by atoms with Crippen LogP contribution in [0.3, 0.4) is 0 Å². The Labute approximate surface area is 103 Å². The van der Waals surface area contributed by atoms with Crippen molar-refractivity contribution in [1.29, 1.82) is 0 Å². The van der Waals surface area contributed by atoms with Crippen molar-refractivity contribution in [2.75, 3.05) is 24.6 Å². The van der Waals surface area contributed by atoms with Crippen LogP contribution in [0.5, 0.6) is 0 Å². The number of ether oxygens (including phenoxy) is 1. The van der Waals surface area contributed by atoms with Gasteiger partial charge in [0.25, 0.3) is 0 Å². The maximum absolute atomic E-state index is 9.20. The van der Waals surface area contributed by atoms with Gasteiger partial charge in [-0.2, -0.15) is 0 Å². The molecule has 1 aliphatic heterocycles. The lowest BCUT2D eigenvalue weighted by Gasteiger charge is -2.36. The van der Waals surface area contributed by atoms with E-state index in [1.165, 1.54) is 4.63 Å². The number of aliphatic hydroxyl groups is 1. The van der Waals surface area contributed by atoms with Gasteiger partial charge in [0.1, 0.15) is 0 Å². The van der Waals surface area contributed by atoms with E-state index in [2.05, 4.69) is 25.5 Å². The topological polar surface area (TPSA) is 88.7 Å². The van der Waals surface area contributed by atoms with Crippen molar-refractivity contribution < 1.29 is 9.84 Å². The number of fused-ring (bicyclic) bond motifs is 1. The van der Waals surface area contributed by atoms with Crippen molar-refractivity contribution in [3.63, 3.8) is 0 Å². The number of nitrogens with zero attached hydrogens (tertiary/aromatic N) is 6. The highest BCUT2D eigenvalue weighted by Crippen LogP contribution is 2.17. The fourth-order valence-electron chi connectivity index (χ4n) is 2.14. The number of rotatable bonds is 2. The third-order valence-electron chi connectivity index (χ3n) is 2.91. The molecule has 0 radical (unpaired) electrons. The predicted molar refractivity (Wildman–Crippen MR) is 62.2 cm³/mol. The summed E-state index contributed by atoms with van der Waals surface area (Å²) in [5.41, 5.74) is 0.610. The Kier molecular flexibility index (Phi) is 2.80. The molecule has 1 aliphatic rings. The van der Waals surface area contributed by atoms with Gasteiger partial charge in [-0.1, -0.05) is 0 Å². The maximum atomic E-state index is 9.20. The minimum atomic E-state index is -0.180. The van der Waals surface area contributed by atoms with Gasteiger partial charge in [-0.15, -0.1) is 14.8 Å². The first-order valence-electron chi connectivity index (χ1n) is 5.83. The van der Waals surface area contributed by atoms with E-state index in [0.717, 1.165) is 12.4 Å². The van der Waals surface area contributed by atoms with Crippen molar-refractivity contribution in [2.24, 2.45) is 0 Å². The summed E-state index contributed by atoms with van der Waals surface area (Å²) < 4.78 is 6.99. The zero-order valence-corrected chi connectivity index (χ0v) is 9.97. The van der Waals surface area contributed by atoms with Gasteiger partial charge in [0.15, 0.2) is 11.5 Å². The molecule has 2 unspecified atom stereocenters. The lowest BCUT2D eigenvalue weighted by atomic mass is 10.2. The van der Waals surface area contributed by atoms with Crippen LogP contribution in [-0.2, 0) is 4.74 Å². The SMILES string of the molecule is CC1CN(c2ccc3nnnn3n2)CC(CO)O1. The molecule has 3 heterocycles. The first-order chi connectivity index (χ1) is 8.76. The van der Waals surface area contributed by atoms with E-state index in [9.17, 15) is 5.11 Å². The first-order valence-corrected chi connectivity index (χ1v) is 5.83. The summed E-state index contributed by atoms with van der Waals surface area (Å²) in [5.74, 6) is 0.781. The zero-order chi connectivity index (χ0) is 12.5. The molecule has 96 valence electrons. The predicted octanol–water partition coefficient (Wildman–Crippen LogP) is -0.895. The highest BCUT2D eigenvalue weighted by atomic mass is 16.5. The molecule has 0 bridgehead atoms. The minimum Gasteiger partial charge on any atom is -0.394 e. The van der Waals surface area contributed by atoms with Crippen LogP contribution in [0.1, 0.15) is 6.92 Å². The molecule has 8 heteroatoms. The van der Waals surface area contributed by atoms with Gasteiger partial charge in [0.2, 0.25) is 0 Å². The fourth-order valence-corrected chi connectivity index (χ4v) is 2.14. The van der Waals surface area contributed by atoms with Gasteiger partial charge in [0, 0.05) is 13.1 Å². The van der Waals surface area contributed by atoms with Crippen molar-refractivity contribution in [1.82, 2.24) is 25.3 Å². The molecule has 3 rings (SSSR count). The Balaban J connectivity index is 1.88. The smallest absolute Gasteiger partial charge is 0.200 e. The van der Waals surface area contributed by atoms with E-state index in [4.69, 9.17) is 4.74 Å². The Bertz CT molecular complexity index is 544. The van der Waals surface area contributed by atoms with E-state index in [0.29, 0.717) is 12.2 Å². The summed E-state index contributed by atoms with van der Waals surface area (Å²) in [6.45, 7) is 3.33. The van der Waals surface area contributed by atoms with Crippen LogP contribution in [0.4, 0.5) is 5.82 Å². The monoisotopic (exact) mass is 250 g/mol. The molecular weight excluding hydrogens is 236 g/mol. The molecule has 8 nitrogen and oxygen atoms in total. The van der Waals surface area contributed by atoms with Gasteiger partial charge in [0.05, 0.1) is 18.8 Å². The second-order valence-corrected chi connectivity index (χ2v) is 4.37. The largest absolute Gasteiger partial charge is 0.394 e. The standard InChI is InChI=1S/C10H14N6O2/c1-7-4-15(5-8(6-17)18-7)10-3-2-9-11-13-14-16(9)12-10/h2-3,7-8,17H,4-6H2,1H3. The summed E-state index contributed by atoms with van der Waals surface area (Å²) >= 11 is 0. The Morgan fingerprint density at radius 3 is 3.17 bits per heavy atom. The molecule has 2 aromatic rings. The number of morpholine rings is 1. The average molecular weight is 250 g/mol. The third-order valence-corrected chi connectivity index (χ3v) is 2.91. The number of aromatic nitrogens is 5. The molecule has 18 heavy (non-hydrogen) atoms. The summed E-state index contributed by atoms with van der Waals surface area (Å²) in [5, 5.41) is 24.7. The number of hydrogen-bond acceptors (Lipinski definition) is 7. The van der Waals surface area contributed by atoms with Crippen molar-refractivity contribution in [3.05, 3.63) is 12.1 Å². The lowest BCUT2D eigenvalue weighted by Crippen LogP contribution is -2.48. The van der Waals surface area contributed by atoms with Crippen LogP contribution < -0.4 is 4.90 Å². The third kappa shape index (κ3) is 2.00. The van der Waals surface area contributed by atoms with Crippen LogP contribution in [0.2, 0.25) is 0 Å². The van der Waals surface area contributed by atoms with E-state index >= 15 is 0 Å². The van der Waals surface area contributed by atoms with Crippen molar-refractivity contribution >= 4 is 11.5 Å². The molecule has 0 amide bonds. The maximum Gasteiger partial charge on any atom is 0.200 e. The average Bonchev–Trinajstić information content (AvgIpc) is 2.85. The number of tetrazole rings is 1. The Morgan fingerprint density at radius 1 is 1.44 bits per heavy atom. The van der Waals surface area contributed by atoms with Crippen molar-refractivity contribution in [3.8, 4) is 0 Å². The van der Waals surface area contributed by atoms with Crippen LogP contribution in [0.15, 0.2) is 12.1 Å². The van der Waals surface area contributed by atoms with E-state index in [1.807, 2.05) is 19.1 Å². The summed E-state index contributed by atoms with van der Waals surface area (Å²) in [6, 6.07) is 3.69. The molecule has 1 fully saturated rings. The first kappa shape index (κ1) is 11.3. The Morgan fingerprint density at radius 2 is 2.33 bits per heavy atom. The second-order valence-electron chi connectivity index (χ2n) is 4.37. The quantitative estimate of drug-likeness (QED) is 0.739. The normalized spacial score (nSPS) is 24.7. The number of aliphatic hydroxyl groups excluding tert-OH is 1. The minimum absolute atomic E-state index is 0.00790. The van der Waals surface area contributed by atoms with Gasteiger partial charge in [-0.3, -0.25) is 0 Å². The van der Waals surface area contributed by atoms with Gasteiger partial charge < -0.3 is 14.7 Å². The van der Waals surface area contributed by atoms with Crippen LogP contribution >= 0.6 is 0 Å². The van der Waals surface area contributed by atoms with Gasteiger partial charge in [-0.25, -0.2) is 0 Å². The molecule has 1 N–H and O–H groups in total. The van der Waals surface area contributed by atoms with E-state index in [1.54, 1.807) is 0 Å². The second kappa shape index (κ2) is 4.46. The Hall–Kier alpha value is -1.80.